The van der Waals surface area contributed by atoms with E-state index in [4.69, 9.17) is 19.9 Å². The summed E-state index contributed by atoms with van der Waals surface area (Å²) in [4.78, 5) is 2.38. The van der Waals surface area contributed by atoms with Gasteiger partial charge in [-0.15, -0.1) is 0 Å². The number of likely N-dealkylation sites (tertiary alicyclic amines) is 1. The first kappa shape index (κ1) is 12.7. The van der Waals surface area contributed by atoms with Gasteiger partial charge < -0.3 is 19.9 Å². The molecule has 2 unspecified atom stereocenters. The van der Waals surface area contributed by atoms with E-state index in [0.29, 0.717) is 19.4 Å². The highest BCUT2D eigenvalue weighted by Gasteiger charge is 2.29. The number of hydrogen-bond acceptors (Lipinski definition) is 5. The second kappa shape index (κ2) is 5.36. The molecule has 2 atom stereocenters. The topological polar surface area (TPSA) is 57.0 Å². The minimum atomic E-state index is 0.217. The molecule has 0 spiro atoms. The number of rotatable bonds is 4. The van der Waals surface area contributed by atoms with Crippen molar-refractivity contribution in [3.8, 4) is 11.5 Å². The quantitative estimate of drug-likeness (QED) is 0.883. The maximum atomic E-state index is 5.96. The predicted molar refractivity (Wildman–Crippen MR) is 71.3 cm³/mol. The van der Waals surface area contributed by atoms with Gasteiger partial charge in [0.15, 0.2) is 11.5 Å². The Morgan fingerprint density at radius 3 is 3.00 bits per heavy atom. The van der Waals surface area contributed by atoms with Crippen LogP contribution in [0.3, 0.4) is 0 Å². The molecule has 2 N–H and O–H groups in total. The van der Waals surface area contributed by atoms with Crippen molar-refractivity contribution in [3.63, 3.8) is 0 Å². The van der Waals surface area contributed by atoms with Crippen LogP contribution in [0.2, 0.25) is 0 Å². The molecule has 5 heteroatoms. The Morgan fingerprint density at radius 2 is 2.26 bits per heavy atom. The van der Waals surface area contributed by atoms with E-state index in [1.807, 2.05) is 12.1 Å². The number of benzene rings is 1. The van der Waals surface area contributed by atoms with Crippen molar-refractivity contribution in [2.24, 2.45) is 5.73 Å². The number of nitrogens with two attached hydrogens (primary N) is 1. The van der Waals surface area contributed by atoms with E-state index in [2.05, 4.69) is 11.0 Å². The minimum absolute atomic E-state index is 0.217. The second-order valence-electron chi connectivity index (χ2n) is 5.01. The summed E-state index contributed by atoms with van der Waals surface area (Å²) < 4.78 is 16.2. The molecule has 0 bridgehead atoms. The molecule has 5 nitrogen and oxygen atoms in total. The van der Waals surface area contributed by atoms with Crippen LogP contribution in [0.25, 0.3) is 0 Å². The fourth-order valence-electron chi connectivity index (χ4n) is 2.85. The molecule has 2 heterocycles. The molecule has 0 amide bonds. The highest BCUT2D eigenvalue weighted by atomic mass is 16.7. The molecule has 1 saturated heterocycles. The third-order valence-corrected chi connectivity index (χ3v) is 3.96. The van der Waals surface area contributed by atoms with Gasteiger partial charge in [0.05, 0.1) is 6.10 Å². The number of ether oxygens (including phenoxy) is 3. The lowest BCUT2D eigenvalue weighted by Crippen LogP contribution is -2.32. The monoisotopic (exact) mass is 264 g/mol. The van der Waals surface area contributed by atoms with E-state index in [9.17, 15) is 0 Å². The van der Waals surface area contributed by atoms with Gasteiger partial charge in [-0.05, 0) is 24.1 Å². The van der Waals surface area contributed by atoms with Crippen LogP contribution in [-0.4, -0.2) is 44.5 Å². The molecular formula is C14H20N2O3. The smallest absolute Gasteiger partial charge is 0.231 e. The average molecular weight is 264 g/mol. The lowest BCUT2D eigenvalue weighted by molar-refractivity contribution is 0.101. The van der Waals surface area contributed by atoms with Gasteiger partial charge in [-0.2, -0.15) is 0 Å². The maximum Gasteiger partial charge on any atom is 0.231 e. The van der Waals surface area contributed by atoms with Crippen LogP contribution in [-0.2, 0) is 4.74 Å². The highest BCUT2D eigenvalue weighted by Crippen LogP contribution is 2.36. The molecule has 0 aromatic heterocycles. The summed E-state index contributed by atoms with van der Waals surface area (Å²) >= 11 is 0. The Morgan fingerprint density at radius 1 is 1.42 bits per heavy atom. The van der Waals surface area contributed by atoms with E-state index < -0.39 is 0 Å². The van der Waals surface area contributed by atoms with Crippen molar-refractivity contribution in [2.75, 3.05) is 33.5 Å². The van der Waals surface area contributed by atoms with Crippen LogP contribution in [0.5, 0.6) is 11.5 Å². The van der Waals surface area contributed by atoms with Crippen molar-refractivity contribution in [1.82, 2.24) is 4.90 Å². The van der Waals surface area contributed by atoms with Gasteiger partial charge in [-0.25, -0.2) is 0 Å². The van der Waals surface area contributed by atoms with Gasteiger partial charge in [0.25, 0.3) is 0 Å². The predicted octanol–water partition coefficient (Wildman–Crippen LogP) is 1.14. The van der Waals surface area contributed by atoms with Gasteiger partial charge in [0.1, 0.15) is 0 Å². The van der Waals surface area contributed by atoms with E-state index in [1.54, 1.807) is 7.11 Å². The summed E-state index contributed by atoms with van der Waals surface area (Å²) in [5, 5.41) is 0. The van der Waals surface area contributed by atoms with Crippen LogP contribution in [0.15, 0.2) is 18.2 Å². The van der Waals surface area contributed by atoms with E-state index >= 15 is 0 Å². The fraction of sp³-hybridized carbons (Fsp3) is 0.571. The Labute approximate surface area is 113 Å². The third-order valence-electron chi connectivity index (χ3n) is 3.96. The van der Waals surface area contributed by atoms with Crippen LogP contribution >= 0.6 is 0 Å². The SMILES string of the molecule is COC1CCN(C(CN)c2ccc3c(c2)OCO3)C1. The molecule has 1 fully saturated rings. The number of nitrogens with zero attached hydrogens (tertiary/aromatic N) is 1. The summed E-state index contributed by atoms with van der Waals surface area (Å²) in [6.45, 7) is 2.86. The standard InChI is InChI=1S/C14H20N2O3/c1-17-11-4-5-16(8-11)12(7-15)10-2-3-13-14(6-10)19-9-18-13/h2-3,6,11-12H,4-5,7-9,15H2,1H3. The zero-order valence-corrected chi connectivity index (χ0v) is 11.2. The van der Waals surface area contributed by atoms with Crippen LogP contribution < -0.4 is 15.2 Å². The molecule has 0 radical (unpaired) electrons. The first-order chi connectivity index (χ1) is 9.31. The Kier molecular flexibility index (Phi) is 3.59. The molecular weight excluding hydrogens is 244 g/mol. The van der Waals surface area contributed by atoms with Gasteiger partial charge >= 0.3 is 0 Å². The van der Waals surface area contributed by atoms with Crippen LogP contribution in [0, 0.1) is 0 Å². The van der Waals surface area contributed by atoms with Gasteiger partial charge in [-0.1, -0.05) is 6.07 Å². The number of hydrogen-bond donors (Lipinski definition) is 1. The van der Waals surface area contributed by atoms with Gasteiger partial charge in [0.2, 0.25) is 6.79 Å². The Bertz CT molecular complexity index is 452. The molecule has 1 aromatic carbocycles. The van der Waals surface area contributed by atoms with Crippen molar-refractivity contribution in [2.45, 2.75) is 18.6 Å². The van der Waals surface area contributed by atoms with Crippen molar-refractivity contribution < 1.29 is 14.2 Å². The molecule has 0 aliphatic carbocycles. The fourth-order valence-corrected chi connectivity index (χ4v) is 2.85. The molecule has 1 aromatic rings. The van der Waals surface area contributed by atoms with Crippen LogP contribution in [0.1, 0.15) is 18.0 Å². The maximum absolute atomic E-state index is 5.96. The van der Waals surface area contributed by atoms with E-state index in [-0.39, 0.29) is 6.04 Å². The normalized spacial score (nSPS) is 23.8. The Hall–Kier alpha value is -1.30. The van der Waals surface area contributed by atoms with Crippen molar-refractivity contribution in [1.29, 1.82) is 0 Å². The first-order valence-corrected chi connectivity index (χ1v) is 6.68. The van der Waals surface area contributed by atoms with Gasteiger partial charge in [-0.3, -0.25) is 4.90 Å². The van der Waals surface area contributed by atoms with E-state index in [0.717, 1.165) is 31.0 Å². The first-order valence-electron chi connectivity index (χ1n) is 6.68. The molecule has 0 saturated carbocycles. The van der Waals surface area contributed by atoms with Crippen LogP contribution in [0.4, 0.5) is 0 Å². The van der Waals surface area contributed by atoms with E-state index in [1.165, 1.54) is 5.56 Å². The lowest BCUT2D eigenvalue weighted by Gasteiger charge is -2.27. The lowest BCUT2D eigenvalue weighted by atomic mass is 10.0. The molecule has 3 rings (SSSR count). The number of methoxy groups -OCH3 is 1. The van der Waals surface area contributed by atoms with Crippen molar-refractivity contribution >= 4 is 0 Å². The number of fused-ring (bicyclic) bond motifs is 1. The molecule has 104 valence electrons. The summed E-state index contributed by atoms with van der Waals surface area (Å²) in [6.07, 6.45) is 1.39. The molecule has 2 aliphatic heterocycles. The molecule has 2 aliphatic rings. The Balaban J connectivity index is 1.79. The van der Waals surface area contributed by atoms with Gasteiger partial charge in [0, 0.05) is 32.8 Å². The summed E-state index contributed by atoms with van der Waals surface area (Å²) in [5.74, 6) is 1.63. The average Bonchev–Trinajstić information content (AvgIpc) is 3.07. The largest absolute Gasteiger partial charge is 0.454 e. The zero-order chi connectivity index (χ0) is 13.2. The van der Waals surface area contributed by atoms with Crippen molar-refractivity contribution in [3.05, 3.63) is 23.8 Å². The summed E-state index contributed by atoms with van der Waals surface area (Å²) in [5.41, 5.74) is 7.15. The third kappa shape index (κ3) is 2.41. The summed E-state index contributed by atoms with van der Waals surface area (Å²) in [6, 6.07) is 6.30. The zero-order valence-electron chi connectivity index (χ0n) is 11.2. The summed E-state index contributed by atoms with van der Waals surface area (Å²) in [7, 11) is 1.77. The molecule has 19 heavy (non-hydrogen) atoms. The minimum Gasteiger partial charge on any atom is -0.454 e. The highest BCUT2D eigenvalue weighted by molar-refractivity contribution is 5.45. The second-order valence-corrected chi connectivity index (χ2v) is 5.01.